The van der Waals surface area contributed by atoms with E-state index in [4.69, 9.17) is 0 Å². The zero-order valence-corrected chi connectivity index (χ0v) is 13.0. The fourth-order valence-electron chi connectivity index (χ4n) is 2.11. The largest absolute Gasteiger partial charge is 0.307 e. The molecule has 1 N–H and O–H groups in total. The normalized spacial score (nSPS) is 10.7. The van der Waals surface area contributed by atoms with Gasteiger partial charge in [0.15, 0.2) is 0 Å². The van der Waals surface area contributed by atoms with Gasteiger partial charge in [-0.25, -0.2) is 4.98 Å². The predicted octanol–water partition coefficient (Wildman–Crippen LogP) is 3.77. The van der Waals surface area contributed by atoms with Gasteiger partial charge in [-0.2, -0.15) is 0 Å². The zero-order valence-electron chi connectivity index (χ0n) is 11.4. The molecule has 0 aliphatic heterocycles. The second kappa shape index (κ2) is 5.70. The van der Waals surface area contributed by atoms with Crippen molar-refractivity contribution in [3.63, 3.8) is 0 Å². The molecule has 100 valence electrons. The molecule has 1 heterocycles. The average Bonchev–Trinajstić information content (AvgIpc) is 2.35. The summed E-state index contributed by atoms with van der Waals surface area (Å²) in [5.41, 5.74) is 3.98. The molecule has 0 atom stereocenters. The van der Waals surface area contributed by atoms with E-state index in [0.717, 1.165) is 39.7 Å². The van der Waals surface area contributed by atoms with Gasteiger partial charge in [0.2, 0.25) is 0 Å². The lowest BCUT2D eigenvalue weighted by molar-refractivity contribution is 0.869. The van der Waals surface area contributed by atoms with Crippen LogP contribution in [0.2, 0.25) is 0 Å². The highest BCUT2D eigenvalue weighted by molar-refractivity contribution is 9.10. The van der Waals surface area contributed by atoms with Gasteiger partial charge in [-0.15, -0.1) is 0 Å². The first-order valence-corrected chi connectivity index (χ1v) is 7.18. The molecule has 0 fully saturated rings. The van der Waals surface area contributed by atoms with Gasteiger partial charge in [0.05, 0.1) is 0 Å². The van der Waals surface area contributed by atoms with Crippen LogP contribution in [0.15, 0.2) is 27.5 Å². The first kappa shape index (κ1) is 14.0. The van der Waals surface area contributed by atoms with Crippen molar-refractivity contribution in [1.29, 1.82) is 0 Å². The van der Waals surface area contributed by atoms with Gasteiger partial charge < -0.3 is 4.98 Å². The Labute approximate surface area is 121 Å². The highest BCUT2D eigenvalue weighted by atomic mass is 79.9. The summed E-state index contributed by atoms with van der Waals surface area (Å²) in [6.45, 7) is 6.15. The van der Waals surface area contributed by atoms with Crippen LogP contribution in [0.3, 0.4) is 0 Å². The quantitative estimate of drug-likeness (QED) is 0.935. The SMILES string of the molecule is CCCc1cc(=O)[nH]c(-c2cc(C)c(Br)c(C)c2)n1. The summed E-state index contributed by atoms with van der Waals surface area (Å²) in [5, 5.41) is 0. The number of nitrogens with one attached hydrogen (secondary N) is 1. The molecule has 0 saturated heterocycles. The van der Waals surface area contributed by atoms with Crippen molar-refractivity contribution in [2.75, 3.05) is 0 Å². The Balaban J connectivity index is 2.55. The Hall–Kier alpha value is -1.42. The Morgan fingerprint density at radius 2 is 1.84 bits per heavy atom. The summed E-state index contributed by atoms with van der Waals surface area (Å²) in [7, 11) is 0. The molecule has 3 nitrogen and oxygen atoms in total. The highest BCUT2D eigenvalue weighted by Gasteiger charge is 2.07. The van der Waals surface area contributed by atoms with Crippen LogP contribution in [0.5, 0.6) is 0 Å². The summed E-state index contributed by atoms with van der Waals surface area (Å²) in [4.78, 5) is 19.0. The summed E-state index contributed by atoms with van der Waals surface area (Å²) in [6, 6.07) is 5.64. The number of nitrogens with zero attached hydrogens (tertiary/aromatic N) is 1. The molecule has 4 heteroatoms. The number of rotatable bonds is 3. The molecule has 1 aromatic heterocycles. The van der Waals surface area contributed by atoms with E-state index < -0.39 is 0 Å². The number of halogens is 1. The highest BCUT2D eigenvalue weighted by Crippen LogP contribution is 2.26. The summed E-state index contributed by atoms with van der Waals surface area (Å²) in [5.74, 6) is 0.648. The molecule has 2 rings (SSSR count). The third kappa shape index (κ3) is 3.13. The van der Waals surface area contributed by atoms with Crippen LogP contribution in [0, 0.1) is 13.8 Å². The standard InChI is InChI=1S/C15H17BrN2O/c1-4-5-12-8-13(19)18-15(17-12)11-6-9(2)14(16)10(3)7-11/h6-8H,4-5H2,1-3H3,(H,17,18,19). The Bertz CT molecular complexity index is 638. The third-order valence-electron chi connectivity index (χ3n) is 3.01. The average molecular weight is 321 g/mol. The smallest absolute Gasteiger partial charge is 0.251 e. The molecule has 0 aliphatic carbocycles. The van der Waals surface area contributed by atoms with Gasteiger partial charge >= 0.3 is 0 Å². The molecule has 0 amide bonds. The van der Waals surface area contributed by atoms with Gasteiger partial charge in [0, 0.05) is 21.8 Å². The fourth-order valence-corrected chi connectivity index (χ4v) is 2.34. The van der Waals surface area contributed by atoms with Crippen LogP contribution in [0.1, 0.15) is 30.2 Å². The van der Waals surface area contributed by atoms with Gasteiger partial charge in [-0.3, -0.25) is 4.79 Å². The Kier molecular flexibility index (Phi) is 4.20. The van der Waals surface area contributed by atoms with Gasteiger partial charge in [0.1, 0.15) is 5.82 Å². The van der Waals surface area contributed by atoms with Crippen LogP contribution >= 0.6 is 15.9 Å². The molecule has 0 aliphatic rings. The molecular weight excluding hydrogens is 304 g/mol. The van der Waals surface area contributed by atoms with Crippen LogP contribution < -0.4 is 5.56 Å². The number of hydrogen-bond acceptors (Lipinski definition) is 2. The second-order valence-corrected chi connectivity index (χ2v) is 5.55. The number of H-pyrrole nitrogens is 1. The minimum atomic E-state index is -0.0910. The van der Waals surface area contributed by atoms with Crippen LogP contribution in [0.4, 0.5) is 0 Å². The summed E-state index contributed by atoms with van der Waals surface area (Å²) in [6.07, 6.45) is 1.81. The Morgan fingerprint density at radius 3 is 2.42 bits per heavy atom. The number of hydrogen-bond donors (Lipinski definition) is 1. The lowest BCUT2D eigenvalue weighted by Gasteiger charge is -2.08. The lowest BCUT2D eigenvalue weighted by Crippen LogP contribution is -2.10. The van der Waals surface area contributed by atoms with Crippen LogP contribution in [-0.4, -0.2) is 9.97 Å². The first-order valence-electron chi connectivity index (χ1n) is 6.38. The topological polar surface area (TPSA) is 45.8 Å². The maximum absolute atomic E-state index is 11.7. The van der Waals surface area contributed by atoms with E-state index in [-0.39, 0.29) is 5.56 Å². The molecule has 2 aromatic rings. The number of aromatic nitrogens is 2. The molecule has 19 heavy (non-hydrogen) atoms. The van der Waals surface area contributed by atoms with E-state index >= 15 is 0 Å². The van der Waals surface area contributed by atoms with Crippen molar-refractivity contribution in [3.05, 3.63) is 49.8 Å². The number of aromatic amines is 1. The minimum Gasteiger partial charge on any atom is -0.307 e. The van der Waals surface area contributed by atoms with Crippen molar-refractivity contribution < 1.29 is 0 Å². The van der Waals surface area contributed by atoms with E-state index in [1.54, 1.807) is 6.07 Å². The third-order valence-corrected chi connectivity index (χ3v) is 4.26. The maximum Gasteiger partial charge on any atom is 0.251 e. The molecule has 0 bridgehead atoms. The zero-order chi connectivity index (χ0) is 14.0. The molecule has 0 spiro atoms. The van der Waals surface area contributed by atoms with E-state index in [2.05, 4.69) is 32.8 Å². The van der Waals surface area contributed by atoms with E-state index in [0.29, 0.717) is 5.82 Å². The van der Waals surface area contributed by atoms with Gasteiger partial charge in [-0.1, -0.05) is 29.3 Å². The van der Waals surface area contributed by atoms with Gasteiger partial charge in [-0.05, 0) is 43.5 Å². The van der Waals surface area contributed by atoms with Crippen LogP contribution in [-0.2, 0) is 6.42 Å². The number of benzene rings is 1. The van der Waals surface area contributed by atoms with Crippen molar-refractivity contribution in [3.8, 4) is 11.4 Å². The summed E-state index contributed by atoms with van der Waals surface area (Å²) >= 11 is 3.55. The Morgan fingerprint density at radius 1 is 1.21 bits per heavy atom. The van der Waals surface area contributed by atoms with Crippen molar-refractivity contribution in [1.82, 2.24) is 9.97 Å². The minimum absolute atomic E-state index is 0.0910. The van der Waals surface area contributed by atoms with E-state index in [1.165, 1.54) is 0 Å². The number of aryl methyl sites for hydroxylation is 3. The molecule has 0 radical (unpaired) electrons. The summed E-state index contributed by atoms with van der Waals surface area (Å²) < 4.78 is 1.10. The van der Waals surface area contributed by atoms with E-state index in [9.17, 15) is 4.79 Å². The monoisotopic (exact) mass is 320 g/mol. The second-order valence-electron chi connectivity index (χ2n) is 4.76. The van der Waals surface area contributed by atoms with Crippen molar-refractivity contribution >= 4 is 15.9 Å². The molecule has 0 saturated carbocycles. The van der Waals surface area contributed by atoms with Gasteiger partial charge in [0.25, 0.3) is 5.56 Å². The molecule has 0 unspecified atom stereocenters. The maximum atomic E-state index is 11.7. The van der Waals surface area contributed by atoms with Crippen LogP contribution in [0.25, 0.3) is 11.4 Å². The van der Waals surface area contributed by atoms with Crippen molar-refractivity contribution in [2.24, 2.45) is 0 Å². The predicted molar refractivity (Wildman–Crippen MR) is 81.5 cm³/mol. The molecular formula is C15H17BrN2O. The lowest BCUT2D eigenvalue weighted by atomic mass is 10.1. The fraction of sp³-hybridized carbons (Fsp3) is 0.333. The molecule has 1 aromatic carbocycles. The van der Waals surface area contributed by atoms with E-state index in [1.807, 2.05) is 26.0 Å². The first-order chi connectivity index (χ1) is 9.01. The van der Waals surface area contributed by atoms with Crippen molar-refractivity contribution in [2.45, 2.75) is 33.6 Å².